The molecular weight excluding hydrogens is 492 g/mol. The average Bonchev–Trinajstić information content (AvgIpc) is 2.91. The van der Waals surface area contributed by atoms with Gasteiger partial charge in [-0.05, 0) is 78.7 Å². The van der Waals surface area contributed by atoms with E-state index >= 15 is 0 Å². The Morgan fingerprint density at radius 2 is 1.62 bits per heavy atom. The first kappa shape index (κ1) is 25.8. The maximum Gasteiger partial charge on any atom is 0.299 e. The van der Waals surface area contributed by atoms with Gasteiger partial charge in [-0.3, -0.25) is 9.59 Å². The Labute approximate surface area is 219 Å². The van der Waals surface area contributed by atoms with Gasteiger partial charge < -0.3 is 20.1 Å². The Morgan fingerprint density at radius 3 is 2.24 bits per heavy atom. The van der Waals surface area contributed by atoms with Crippen molar-refractivity contribution in [2.45, 2.75) is 13.8 Å². The van der Waals surface area contributed by atoms with Crippen LogP contribution in [0.5, 0.6) is 17.2 Å². The monoisotopic (exact) mass is 518 g/mol. The zero-order valence-electron chi connectivity index (χ0n) is 20.7. The number of carbonyl (C=O) groups is 1. The van der Waals surface area contributed by atoms with Gasteiger partial charge in [0.25, 0.3) is 11.5 Å². The van der Waals surface area contributed by atoms with Crippen LogP contribution in [0.2, 0.25) is 5.02 Å². The lowest BCUT2D eigenvalue weighted by atomic mass is 10.1. The molecule has 2 N–H and O–H groups in total. The standard InChI is InChI=1S/C28H27ClN4O4/c1-18(2)16-30-27(34)19-4-8-21(9-5-19)32-26-25(37-24-14-12-23(36-3)13-15-24)17-31-33(28(26)35)22-10-6-20(29)7-11-22/h4-15,17-18,32H,16H2,1-3H3,(H,30,34). The van der Waals surface area contributed by atoms with Gasteiger partial charge >= 0.3 is 0 Å². The van der Waals surface area contributed by atoms with Gasteiger partial charge in [0.05, 0.1) is 19.0 Å². The van der Waals surface area contributed by atoms with E-state index in [-0.39, 0.29) is 17.3 Å². The first-order chi connectivity index (χ1) is 17.8. The molecule has 9 heteroatoms. The molecule has 0 aliphatic carbocycles. The number of aromatic nitrogens is 2. The Kier molecular flexibility index (Phi) is 8.10. The van der Waals surface area contributed by atoms with Crippen molar-refractivity contribution in [3.05, 3.63) is 99.9 Å². The molecule has 0 saturated heterocycles. The van der Waals surface area contributed by atoms with Crippen molar-refractivity contribution >= 4 is 28.9 Å². The van der Waals surface area contributed by atoms with Gasteiger partial charge in [0, 0.05) is 22.8 Å². The lowest BCUT2D eigenvalue weighted by molar-refractivity contribution is 0.0949. The number of benzene rings is 3. The summed E-state index contributed by atoms with van der Waals surface area (Å²) in [6.45, 7) is 4.65. The molecule has 3 aromatic carbocycles. The minimum Gasteiger partial charge on any atom is -0.497 e. The molecule has 4 aromatic rings. The number of amides is 1. The summed E-state index contributed by atoms with van der Waals surface area (Å²) >= 11 is 6.01. The van der Waals surface area contributed by atoms with Gasteiger partial charge in [-0.25, -0.2) is 0 Å². The number of nitrogens with zero attached hydrogens (tertiary/aromatic N) is 2. The number of carbonyl (C=O) groups excluding carboxylic acids is 1. The number of hydrogen-bond donors (Lipinski definition) is 2. The number of hydrogen-bond acceptors (Lipinski definition) is 6. The third-order valence-corrected chi connectivity index (χ3v) is 5.64. The molecule has 1 heterocycles. The third-order valence-electron chi connectivity index (χ3n) is 5.39. The smallest absolute Gasteiger partial charge is 0.299 e. The fourth-order valence-electron chi connectivity index (χ4n) is 3.42. The lowest BCUT2D eigenvalue weighted by Crippen LogP contribution is -2.27. The Balaban J connectivity index is 1.67. The van der Waals surface area contributed by atoms with Gasteiger partial charge in [0.2, 0.25) is 0 Å². The molecule has 0 aliphatic rings. The summed E-state index contributed by atoms with van der Waals surface area (Å²) in [6.07, 6.45) is 1.47. The molecule has 1 aromatic heterocycles. The van der Waals surface area contributed by atoms with E-state index < -0.39 is 5.56 Å². The summed E-state index contributed by atoms with van der Waals surface area (Å²) in [5.41, 5.74) is 1.43. The van der Waals surface area contributed by atoms with E-state index in [1.165, 1.54) is 10.9 Å². The second kappa shape index (κ2) is 11.6. The van der Waals surface area contributed by atoms with E-state index in [4.69, 9.17) is 21.1 Å². The second-order valence-corrected chi connectivity index (χ2v) is 9.10. The number of anilines is 2. The second-order valence-electron chi connectivity index (χ2n) is 8.66. The summed E-state index contributed by atoms with van der Waals surface area (Å²) in [5, 5.41) is 10.9. The molecule has 0 aliphatic heterocycles. The first-order valence-corrected chi connectivity index (χ1v) is 12.1. The minimum absolute atomic E-state index is 0.155. The van der Waals surface area contributed by atoms with Crippen molar-refractivity contribution in [1.29, 1.82) is 0 Å². The van der Waals surface area contributed by atoms with Gasteiger partial charge in [0.15, 0.2) is 11.4 Å². The van der Waals surface area contributed by atoms with E-state index in [9.17, 15) is 9.59 Å². The van der Waals surface area contributed by atoms with E-state index in [2.05, 4.69) is 15.7 Å². The first-order valence-electron chi connectivity index (χ1n) is 11.7. The van der Waals surface area contributed by atoms with Crippen molar-refractivity contribution in [2.24, 2.45) is 5.92 Å². The fraction of sp³-hybridized carbons (Fsp3) is 0.179. The van der Waals surface area contributed by atoms with Gasteiger partial charge in [-0.2, -0.15) is 9.78 Å². The Bertz CT molecular complexity index is 1420. The lowest BCUT2D eigenvalue weighted by Gasteiger charge is -2.15. The minimum atomic E-state index is -0.424. The predicted molar refractivity (Wildman–Crippen MR) is 145 cm³/mol. The summed E-state index contributed by atoms with van der Waals surface area (Å²) < 4.78 is 12.5. The molecule has 0 saturated carbocycles. The van der Waals surface area contributed by atoms with Crippen LogP contribution < -0.4 is 25.7 Å². The summed E-state index contributed by atoms with van der Waals surface area (Å²) in [4.78, 5) is 25.9. The largest absolute Gasteiger partial charge is 0.497 e. The van der Waals surface area contributed by atoms with Crippen LogP contribution in [0.4, 0.5) is 11.4 Å². The highest BCUT2D eigenvalue weighted by molar-refractivity contribution is 6.30. The van der Waals surface area contributed by atoms with E-state index in [0.717, 1.165) is 0 Å². The molecule has 0 unspecified atom stereocenters. The van der Waals surface area contributed by atoms with Gasteiger partial charge in [-0.1, -0.05) is 25.4 Å². The molecular formula is C28H27ClN4O4. The molecule has 0 spiro atoms. The molecule has 0 fully saturated rings. The fourth-order valence-corrected chi connectivity index (χ4v) is 3.54. The molecule has 1 amide bonds. The number of halogens is 1. The van der Waals surface area contributed by atoms with Crippen molar-refractivity contribution in [3.8, 4) is 22.9 Å². The zero-order valence-corrected chi connectivity index (χ0v) is 21.5. The van der Waals surface area contributed by atoms with Crippen LogP contribution >= 0.6 is 11.6 Å². The number of rotatable bonds is 9. The molecule has 0 radical (unpaired) electrons. The molecule has 190 valence electrons. The Morgan fingerprint density at radius 1 is 0.973 bits per heavy atom. The van der Waals surface area contributed by atoms with Crippen LogP contribution in [0.25, 0.3) is 5.69 Å². The van der Waals surface area contributed by atoms with Crippen LogP contribution in [0, 0.1) is 5.92 Å². The summed E-state index contributed by atoms with van der Waals surface area (Å²) in [7, 11) is 1.58. The van der Waals surface area contributed by atoms with Crippen LogP contribution in [0.1, 0.15) is 24.2 Å². The van der Waals surface area contributed by atoms with Crippen LogP contribution in [-0.2, 0) is 0 Å². The molecule has 8 nitrogen and oxygen atoms in total. The highest BCUT2D eigenvalue weighted by Crippen LogP contribution is 2.30. The van der Waals surface area contributed by atoms with Crippen LogP contribution in [0.15, 0.2) is 83.8 Å². The Hall–Kier alpha value is -4.30. The van der Waals surface area contributed by atoms with Crippen molar-refractivity contribution in [2.75, 3.05) is 19.0 Å². The third kappa shape index (κ3) is 6.48. The van der Waals surface area contributed by atoms with Crippen molar-refractivity contribution < 1.29 is 14.3 Å². The maximum absolute atomic E-state index is 13.5. The van der Waals surface area contributed by atoms with Crippen molar-refractivity contribution in [3.63, 3.8) is 0 Å². The van der Waals surface area contributed by atoms with Crippen molar-refractivity contribution in [1.82, 2.24) is 15.1 Å². The van der Waals surface area contributed by atoms with E-state index in [1.807, 2.05) is 13.8 Å². The molecule has 0 atom stereocenters. The average molecular weight is 519 g/mol. The normalized spacial score (nSPS) is 10.7. The van der Waals surface area contributed by atoms with E-state index in [1.54, 1.807) is 79.9 Å². The number of nitrogens with one attached hydrogen (secondary N) is 2. The molecule has 37 heavy (non-hydrogen) atoms. The van der Waals surface area contributed by atoms with Crippen LogP contribution in [-0.4, -0.2) is 29.3 Å². The summed E-state index contributed by atoms with van der Waals surface area (Å²) in [5.74, 6) is 1.62. The SMILES string of the molecule is COc1ccc(Oc2cnn(-c3ccc(Cl)cc3)c(=O)c2Nc2ccc(C(=O)NCC(C)C)cc2)cc1. The van der Waals surface area contributed by atoms with Gasteiger partial charge in [0.1, 0.15) is 11.5 Å². The van der Waals surface area contributed by atoms with E-state index in [0.29, 0.717) is 45.9 Å². The quantitative estimate of drug-likeness (QED) is 0.290. The molecule has 0 bridgehead atoms. The number of methoxy groups -OCH3 is 1. The topological polar surface area (TPSA) is 94.5 Å². The molecule has 4 rings (SSSR count). The zero-order chi connectivity index (χ0) is 26.4. The van der Waals surface area contributed by atoms with Crippen LogP contribution in [0.3, 0.4) is 0 Å². The van der Waals surface area contributed by atoms with Gasteiger partial charge in [-0.15, -0.1) is 0 Å². The number of ether oxygens (including phenoxy) is 2. The summed E-state index contributed by atoms with van der Waals surface area (Å²) in [6, 6.07) is 20.6. The highest BCUT2D eigenvalue weighted by Gasteiger charge is 2.16. The predicted octanol–water partition coefficient (Wildman–Crippen LogP) is 5.82. The maximum atomic E-state index is 13.5. The highest BCUT2D eigenvalue weighted by atomic mass is 35.5.